The van der Waals surface area contributed by atoms with Gasteiger partial charge < -0.3 is 14.7 Å². The minimum absolute atomic E-state index is 0.0673. The van der Waals surface area contributed by atoms with Crippen LogP contribution in [0.1, 0.15) is 33.0 Å². The SMILES string of the molecule is COCC1CCN(C(=O)c2cc(C)c(C#CCCO)s2)C1. The quantitative estimate of drug-likeness (QED) is 0.864. The van der Waals surface area contributed by atoms with Gasteiger partial charge in [0.2, 0.25) is 0 Å². The zero-order chi connectivity index (χ0) is 15.2. The fourth-order valence-electron chi connectivity index (χ4n) is 2.45. The highest BCUT2D eigenvalue weighted by atomic mass is 32.1. The molecule has 0 radical (unpaired) electrons. The number of carbonyl (C=O) groups excluding carboxylic acids is 1. The monoisotopic (exact) mass is 307 g/mol. The smallest absolute Gasteiger partial charge is 0.263 e. The Kier molecular flexibility index (Phi) is 5.80. The lowest BCUT2D eigenvalue weighted by Crippen LogP contribution is -2.28. The van der Waals surface area contributed by atoms with E-state index in [1.807, 2.05) is 17.9 Å². The first-order valence-corrected chi connectivity index (χ1v) is 7.95. The zero-order valence-corrected chi connectivity index (χ0v) is 13.3. The third-order valence-electron chi connectivity index (χ3n) is 3.54. The van der Waals surface area contributed by atoms with Crippen LogP contribution < -0.4 is 0 Å². The second-order valence-corrected chi connectivity index (χ2v) is 6.31. The van der Waals surface area contributed by atoms with Gasteiger partial charge in [0.1, 0.15) is 0 Å². The number of aliphatic hydroxyl groups is 1. The molecule has 2 rings (SSSR count). The third-order valence-corrected chi connectivity index (χ3v) is 4.68. The number of aryl methyl sites for hydroxylation is 1. The molecule has 0 saturated carbocycles. The molecule has 1 aliphatic heterocycles. The average molecular weight is 307 g/mol. The highest BCUT2D eigenvalue weighted by Gasteiger charge is 2.27. The number of likely N-dealkylation sites (tertiary alicyclic amines) is 1. The molecule has 1 atom stereocenters. The van der Waals surface area contributed by atoms with E-state index >= 15 is 0 Å². The summed E-state index contributed by atoms with van der Waals surface area (Å²) in [6.45, 7) is 4.32. The molecule has 1 aromatic heterocycles. The Morgan fingerprint density at radius 3 is 3.14 bits per heavy atom. The van der Waals surface area contributed by atoms with Gasteiger partial charge in [0, 0.05) is 32.5 Å². The molecule has 0 aliphatic carbocycles. The summed E-state index contributed by atoms with van der Waals surface area (Å²) in [7, 11) is 1.70. The molecule has 1 fully saturated rings. The number of hydrogen-bond donors (Lipinski definition) is 1. The molecule has 1 aromatic rings. The van der Waals surface area contributed by atoms with Gasteiger partial charge in [-0.1, -0.05) is 11.8 Å². The molecule has 1 N–H and O–H groups in total. The summed E-state index contributed by atoms with van der Waals surface area (Å²) in [5, 5.41) is 8.75. The van der Waals surface area contributed by atoms with Crippen LogP contribution in [-0.4, -0.2) is 49.3 Å². The van der Waals surface area contributed by atoms with Crippen LogP contribution in [0.3, 0.4) is 0 Å². The first kappa shape index (κ1) is 16.0. The number of carbonyl (C=O) groups is 1. The summed E-state index contributed by atoms with van der Waals surface area (Å²) >= 11 is 1.44. The molecule has 114 valence electrons. The Hall–Kier alpha value is -1.35. The summed E-state index contributed by atoms with van der Waals surface area (Å²) < 4.78 is 5.16. The van der Waals surface area contributed by atoms with Gasteiger partial charge >= 0.3 is 0 Å². The van der Waals surface area contributed by atoms with Crippen molar-refractivity contribution in [3.8, 4) is 11.8 Å². The van der Waals surface area contributed by atoms with E-state index in [2.05, 4.69) is 11.8 Å². The number of nitrogens with zero attached hydrogens (tertiary/aromatic N) is 1. The first-order valence-electron chi connectivity index (χ1n) is 7.14. The topological polar surface area (TPSA) is 49.8 Å². The maximum Gasteiger partial charge on any atom is 0.263 e. The van der Waals surface area contributed by atoms with Gasteiger partial charge in [-0.25, -0.2) is 0 Å². The van der Waals surface area contributed by atoms with Crippen LogP contribution in [0.5, 0.6) is 0 Å². The molecule has 4 nitrogen and oxygen atoms in total. The molecular formula is C16H21NO3S. The van der Waals surface area contributed by atoms with Crippen molar-refractivity contribution >= 4 is 17.2 Å². The van der Waals surface area contributed by atoms with E-state index in [0.717, 1.165) is 34.8 Å². The van der Waals surface area contributed by atoms with Crippen molar-refractivity contribution in [2.75, 3.05) is 33.4 Å². The van der Waals surface area contributed by atoms with Crippen molar-refractivity contribution in [1.29, 1.82) is 0 Å². The zero-order valence-electron chi connectivity index (χ0n) is 12.5. The van der Waals surface area contributed by atoms with Crippen LogP contribution in [0.15, 0.2) is 6.07 Å². The number of ether oxygens (including phenoxy) is 1. The number of rotatable bonds is 4. The van der Waals surface area contributed by atoms with Crippen LogP contribution >= 0.6 is 11.3 Å². The summed E-state index contributed by atoms with van der Waals surface area (Å²) in [6, 6.07) is 1.92. The standard InChI is InChI=1S/C16H21NO3S/c1-12-9-15(21-14(12)5-3-4-8-18)16(19)17-7-6-13(10-17)11-20-2/h9,13,18H,4,6-8,10-11H2,1-2H3. The molecule has 1 aliphatic rings. The van der Waals surface area contributed by atoms with Gasteiger partial charge in [-0.05, 0) is 25.0 Å². The van der Waals surface area contributed by atoms with Crippen LogP contribution in [-0.2, 0) is 4.74 Å². The maximum atomic E-state index is 12.5. The normalized spacial score (nSPS) is 17.7. The molecule has 0 bridgehead atoms. The summed E-state index contributed by atoms with van der Waals surface area (Å²) in [4.78, 5) is 16.1. The van der Waals surface area contributed by atoms with Crippen LogP contribution in [0.2, 0.25) is 0 Å². The molecule has 1 saturated heterocycles. The fraction of sp³-hybridized carbons (Fsp3) is 0.562. The summed E-state index contributed by atoms with van der Waals surface area (Å²) in [5.41, 5.74) is 1.03. The van der Waals surface area contributed by atoms with Gasteiger partial charge in [-0.2, -0.15) is 0 Å². The maximum absolute atomic E-state index is 12.5. The van der Waals surface area contributed by atoms with Crippen LogP contribution in [0, 0.1) is 24.7 Å². The first-order chi connectivity index (χ1) is 10.2. The molecule has 5 heteroatoms. The number of hydrogen-bond acceptors (Lipinski definition) is 4. The highest BCUT2D eigenvalue weighted by molar-refractivity contribution is 7.14. The van der Waals surface area contributed by atoms with Gasteiger partial charge in [-0.3, -0.25) is 4.79 Å². The molecule has 1 amide bonds. The second kappa shape index (κ2) is 7.60. The van der Waals surface area contributed by atoms with Crippen molar-refractivity contribution < 1.29 is 14.6 Å². The average Bonchev–Trinajstić information content (AvgIpc) is 3.07. The molecular weight excluding hydrogens is 286 g/mol. The summed E-state index contributed by atoms with van der Waals surface area (Å²) in [6.07, 6.45) is 1.47. The largest absolute Gasteiger partial charge is 0.395 e. The third kappa shape index (κ3) is 4.07. The van der Waals surface area contributed by atoms with Crippen molar-refractivity contribution in [3.05, 3.63) is 21.4 Å². The van der Waals surface area contributed by atoms with Gasteiger partial charge in [0.05, 0.1) is 23.0 Å². The van der Waals surface area contributed by atoms with E-state index in [1.54, 1.807) is 7.11 Å². The number of thiophene rings is 1. The Balaban J connectivity index is 2.04. The van der Waals surface area contributed by atoms with Gasteiger partial charge in [0.15, 0.2) is 0 Å². The lowest BCUT2D eigenvalue weighted by atomic mass is 10.1. The number of amides is 1. The molecule has 21 heavy (non-hydrogen) atoms. The molecule has 0 spiro atoms. The van der Waals surface area contributed by atoms with Crippen LogP contribution in [0.25, 0.3) is 0 Å². The fourth-order valence-corrected chi connectivity index (χ4v) is 3.47. The number of aliphatic hydroxyl groups excluding tert-OH is 1. The van der Waals surface area contributed by atoms with E-state index in [4.69, 9.17) is 9.84 Å². The molecule has 1 unspecified atom stereocenters. The minimum Gasteiger partial charge on any atom is -0.395 e. The van der Waals surface area contributed by atoms with Crippen molar-refractivity contribution in [2.24, 2.45) is 5.92 Å². The predicted molar refractivity (Wildman–Crippen MR) is 83.5 cm³/mol. The van der Waals surface area contributed by atoms with E-state index in [0.29, 0.717) is 18.9 Å². The highest BCUT2D eigenvalue weighted by Crippen LogP contribution is 2.25. The van der Waals surface area contributed by atoms with Crippen molar-refractivity contribution in [1.82, 2.24) is 4.90 Å². The Morgan fingerprint density at radius 2 is 2.43 bits per heavy atom. The van der Waals surface area contributed by atoms with Gasteiger partial charge in [-0.15, -0.1) is 11.3 Å². The van der Waals surface area contributed by atoms with Crippen molar-refractivity contribution in [2.45, 2.75) is 19.8 Å². The van der Waals surface area contributed by atoms with Gasteiger partial charge in [0.25, 0.3) is 5.91 Å². The molecule has 0 aromatic carbocycles. The lowest BCUT2D eigenvalue weighted by Gasteiger charge is -2.15. The Bertz CT molecular complexity index is 556. The summed E-state index contributed by atoms with van der Waals surface area (Å²) in [5.74, 6) is 6.48. The van der Waals surface area contributed by atoms with E-state index in [9.17, 15) is 4.79 Å². The van der Waals surface area contributed by atoms with Crippen LogP contribution in [0.4, 0.5) is 0 Å². The Morgan fingerprint density at radius 1 is 1.62 bits per heavy atom. The second-order valence-electron chi connectivity index (χ2n) is 5.26. The lowest BCUT2D eigenvalue weighted by molar-refractivity contribution is 0.0780. The predicted octanol–water partition coefficient (Wildman–Crippen LogP) is 1.90. The molecule has 2 heterocycles. The minimum atomic E-state index is 0.0673. The van der Waals surface area contributed by atoms with Crippen molar-refractivity contribution in [3.63, 3.8) is 0 Å². The Labute approximate surface area is 129 Å². The number of methoxy groups -OCH3 is 1. The van der Waals surface area contributed by atoms with E-state index < -0.39 is 0 Å². The van der Waals surface area contributed by atoms with E-state index in [1.165, 1.54) is 11.3 Å². The van der Waals surface area contributed by atoms with E-state index in [-0.39, 0.29) is 12.5 Å².